The van der Waals surface area contributed by atoms with Gasteiger partial charge in [0, 0.05) is 18.7 Å². The largest absolute Gasteiger partial charge is 0.388 e. The molecule has 2 rings (SSSR count). The lowest BCUT2D eigenvalue weighted by Gasteiger charge is -2.25. The Hall–Kier alpha value is -1.61. The van der Waals surface area contributed by atoms with Crippen LogP contribution in [0.1, 0.15) is 83.3 Å². The molecule has 1 saturated heterocycles. The number of hydrogen-bond donors (Lipinski definition) is 1. The van der Waals surface area contributed by atoms with Gasteiger partial charge in [-0.3, -0.25) is 4.79 Å². The first kappa shape index (κ1) is 20.7. The van der Waals surface area contributed by atoms with Crippen molar-refractivity contribution in [1.29, 1.82) is 0 Å². The van der Waals surface area contributed by atoms with Crippen molar-refractivity contribution in [2.75, 3.05) is 11.4 Å². The van der Waals surface area contributed by atoms with Gasteiger partial charge < -0.3 is 10.0 Å². The molecule has 3 nitrogen and oxygen atoms in total. The number of carbonyl (C=O) groups excluding carboxylic acids is 1. The van der Waals surface area contributed by atoms with Crippen molar-refractivity contribution < 1.29 is 9.90 Å². The molecule has 0 spiro atoms. The van der Waals surface area contributed by atoms with E-state index in [-0.39, 0.29) is 12.1 Å². The topological polar surface area (TPSA) is 40.5 Å². The van der Waals surface area contributed by atoms with Crippen LogP contribution >= 0.6 is 0 Å². The Balaban J connectivity index is 1.95. The summed E-state index contributed by atoms with van der Waals surface area (Å²) in [5.74, 6) is 0.341. The molecular weight excluding hydrogens is 322 g/mol. The average molecular weight is 358 g/mol. The highest BCUT2D eigenvalue weighted by Gasteiger charge is 2.31. The van der Waals surface area contributed by atoms with Gasteiger partial charge in [0.25, 0.3) is 0 Å². The summed E-state index contributed by atoms with van der Waals surface area (Å²) in [5, 5.41) is 10.3. The highest BCUT2D eigenvalue weighted by Crippen LogP contribution is 2.28. The number of benzene rings is 1. The second kappa shape index (κ2) is 11.2. The summed E-state index contributed by atoms with van der Waals surface area (Å²) < 4.78 is 0. The Kier molecular flexibility index (Phi) is 8.90. The molecule has 1 aliphatic heterocycles. The van der Waals surface area contributed by atoms with Crippen LogP contribution in [0.5, 0.6) is 0 Å². The molecule has 0 radical (unpaired) electrons. The fourth-order valence-electron chi connectivity index (χ4n) is 3.60. The smallest absolute Gasteiger partial charge is 0.157 e. The number of aliphatic hydroxyl groups is 1. The fraction of sp³-hybridized carbons (Fsp3) is 0.609. The molecular formula is C23H35NO2. The van der Waals surface area contributed by atoms with Crippen molar-refractivity contribution in [3.63, 3.8) is 0 Å². The summed E-state index contributed by atoms with van der Waals surface area (Å²) in [7, 11) is 0. The predicted molar refractivity (Wildman–Crippen MR) is 110 cm³/mol. The van der Waals surface area contributed by atoms with Gasteiger partial charge in [-0.1, -0.05) is 70.2 Å². The number of nitrogens with zero attached hydrogens (tertiary/aromatic N) is 1. The lowest BCUT2D eigenvalue weighted by Crippen LogP contribution is -2.32. The van der Waals surface area contributed by atoms with E-state index in [0.29, 0.717) is 12.2 Å². The fourth-order valence-corrected chi connectivity index (χ4v) is 3.60. The first-order chi connectivity index (χ1) is 12.7. The minimum absolute atomic E-state index is 0.0341. The van der Waals surface area contributed by atoms with Crippen molar-refractivity contribution in [3.05, 3.63) is 42.0 Å². The van der Waals surface area contributed by atoms with Crippen molar-refractivity contribution in [3.8, 4) is 0 Å². The molecule has 144 valence electrons. The number of rotatable bonds is 11. The molecule has 1 fully saturated rings. The highest BCUT2D eigenvalue weighted by atomic mass is 16.3. The van der Waals surface area contributed by atoms with Crippen LogP contribution in [0.4, 0.5) is 5.69 Å². The molecule has 0 aromatic heterocycles. The van der Waals surface area contributed by atoms with Crippen LogP contribution in [0.15, 0.2) is 36.4 Å². The zero-order valence-electron chi connectivity index (χ0n) is 16.5. The van der Waals surface area contributed by atoms with Gasteiger partial charge in [0.05, 0.1) is 12.1 Å². The maximum atomic E-state index is 12.3. The molecule has 3 heteroatoms. The lowest BCUT2D eigenvalue weighted by molar-refractivity contribution is -0.118. The number of carbonyl (C=O) groups is 1. The van der Waals surface area contributed by atoms with Crippen molar-refractivity contribution >= 4 is 11.5 Å². The van der Waals surface area contributed by atoms with Gasteiger partial charge in [0.2, 0.25) is 0 Å². The molecule has 1 aromatic carbocycles. The molecule has 1 N–H and O–H groups in total. The van der Waals surface area contributed by atoms with E-state index in [4.69, 9.17) is 0 Å². The van der Waals surface area contributed by atoms with Crippen LogP contribution in [-0.4, -0.2) is 23.5 Å². The number of aliphatic hydroxyl groups excluding tert-OH is 1. The number of hydrogen-bond acceptors (Lipinski definition) is 3. The molecule has 1 aliphatic rings. The maximum absolute atomic E-state index is 12.3. The average Bonchev–Trinajstić information content (AvgIpc) is 3.02. The van der Waals surface area contributed by atoms with Crippen molar-refractivity contribution in [2.24, 2.45) is 0 Å². The third-order valence-electron chi connectivity index (χ3n) is 5.29. The summed E-state index contributed by atoms with van der Waals surface area (Å²) >= 11 is 0. The van der Waals surface area contributed by atoms with Crippen molar-refractivity contribution in [1.82, 2.24) is 0 Å². The number of ketones is 1. The molecule has 0 aliphatic carbocycles. The van der Waals surface area contributed by atoms with Crippen LogP contribution < -0.4 is 4.90 Å². The van der Waals surface area contributed by atoms with Gasteiger partial charge >= 0.3 is 0 Å². The second-order valence-electron chi connectivity index (χ2n) is 7.38. The monoisotopic (exact) mass is 357 g/mol. The van der Waals surface area contributed by atoms with Crippen LogP contribution in [-0.2, 0) is 4.79 Å². The van der Waals surface area contributed by atoms with Crippen molar-refractivity contribution in [2.45, 2.75) is 83.8 Å². The normalized spacial score (nSPS) is 18.8. The molecule has 1 heterocycles. The summed E-state index contributed by atoms with van der Waals surface area (Å²) in [6.07, 6.45) is 13.2. The molecule has 2 atom stereocenters. The Morgan fingerprint density at radius 3 is 2.54 bits per heavy atom. The zero-order chi connectivity index (χ0) is 18.8. The van der Waals surface area contributed by atoms with Gasteiger partial charge in [-0.25, -0.2) is 0 Å². The third-order valence-corrected chi connectivity index (χ3v) is 5.29. The molecule has 26 heavy (non-hydrogen) atoms. The van der Waals surface area contributed by atoms with E-state index in [1.165, 1.54) is 25.7 Å². The molecule has 1 unspecified atom stereocenters. The SMILES string of the molecule is CCCC/C=C\C[C@H]1C(=O)CCN1c1ccc(C(O)CCCCC)cc1. The van der Waals surface area contributed by atoms with E-state index in [1.54, 1.807) is 0 Å². The van der Waals surface area contributed by atoms with Gasteiger partial charge in [-0.2, -0.15) is 0 Å². The Bertz CT molecular complexity index is 564. The van der Waals surface area contributed by atoms with E-state index >= 15 is 0 Å². The summed E-state index contributed by atoms with van der Waals surface area (Å²) in [5.41, 5.74) is 2.07. The third kappa shape index (κ3) is 5.98. The van der Waals surface area contributed by atoms with E-state index in [9.17, 15) is 9.90 Å². The minimum Gasteiger partial charge on any atom is -0.388 e. The first-order valence-corrected chi connectivity index (χ1v) is 10.4. The van der Waals surface area contributed by atoms with Gasteiger partial charge in [0.15, 0.2) is 5.78 Å². The van der Waals surface area contributed by atoms with Gasteiger partial charge in [-0.15, -0.1) is 0 Å². The quantitative estimate of drug-likeness (QED) is 0.415. The van der Waals surface area contributed by atoms with E-state index in [1.807, 2.05) is 12.1 Å². The van der Waals surface area contributed by atoms with Crippen LogP contribution in [0.25, 0.3) is 0 Å². The lowest BCUT2D eigenvalue weighted by atomic mass is 10.0. The molecule has 0 saturated carbocycles. The first-order valence-electron chi connectivity index (χ1n) is 10.4. The van der Waals surface area contributed by atoms with Crippen LogP contribution in [0.3, 0.4) is 0 Å². The van der Waals surface area contributed by atoms with Crippen LogP contribution in [0, 0.1) is 0 Å². The maximum Gasteiger partial charge on any atom is 0.157 e. The van der Waals surface area contributed by atoms with Gasteiger partial charge in [-0.05, 0) is 37.0 Å². The summed E-state index contributed by atoms with van der Waals surface area (Å²) in [4.78, 5) is 14.5. The summed E-state index contributed by atoms with van der Waals surface area (Å²) in [6, 6.07) is 8.12. The standard InChI is InChI=1S/C23H35NO2/c1-3-5-7-8-10-11-21-23(26)17-18-24(21)20-15-13-19(14-16-20)22(25)12-9-6-4-2/h8,10,13-16,21-22,25H,3-7,9,11-12,17-18H2,1-2H3/b10-8-/t21-,22?/m0/s1. The van der Waals surface area contributed by atoms with Crippen LogP contribution in [0.2, 0.25) is 0 Å². The minimum atomic E-state index is -0.381. The number of unbranched alkanes of at least 4 members (excludes halogenated alkanes) is 4. The molecule has 0 amide bonds. The number of Topliss-reactive ketones (excluding diaryl/α,β-unsaturated/α-hetero) is 1. The Labute approximate surface area is 159 Å². The Morgan fingerprint density at radius 2 is 1.85 bits per heavy atom. The number of anilines is 1. The van der Waals surface area contributed by atoms with E-state index in [0.717, 1.165) is 43.5 Å². The highest BCUT2D eigenvalue weighted by molar-refractivity contribution is 5.91. The van der Waals surface area contributed by atoms with Gasteiger partial charge in [0.1, 0.15) is 0 Å². The predicted octanol–water partition coefficient (Wildman–Crippen LogP) is 5.58. The van der Waals surface area contributed by atoms with E-state index < -0.39 is 0 Å². The molecule has 1 aromatic rings. The second-order valence-corrected chi connectivity index (χ2v) is 7.38. The zero-order valence-corrected chi connectivity index (χ0v) is 16.5. The molecule has 0 bridgehead atoms. The number of allylic oxidation sites excluding steroid dienone is 1. The Morgan fingerprint density at radius 1 is 1.12 bits per heavy atom. The summed E-state index contributed by atoms with van der Waals surface area (Å²) in [6.45, 7) is 5.17. The van der Waals surface area contributed by atoms with E-state index in [2.05, 4.69) is 43.0 Å².